The number of nitrogens with zero attached hydrogens (tertiary/aromatic N) is 1. The number of likely N-dealkylation sites (N-methyl/N-ethyl adjacent to an activating group) is 1. The van der Waals surface area contributed by atoms with Crippen LogP contribution in [0.1, 0.15) is 15.9 Å². The van der Waals surface area contributed by atoms with Gasteiger partial charge in [0.05, 0.1) is 28.9 Å². The standard InChI is InChI=1S/C14H19NO5S/c1-10-3-4-11(14(16)17)7-13(10)21(18,19)9-12-8-15(2)5-6-20-12/h3-4,7,12H,5-6,8-9H2,1-2H3,(H,16,17). The van der Waals surface area contributed by atoms with Gasteiger partial charge in [-0.05, 0) is 31.7 Å². The SMILES string of the molecule is Cc1ccc(C(=O)O)cc1S(=O)(=O)CC1CN(C)CCO1. The zero-order valence-corrected chi connectivity index (χ0v) is 12.9. The quantitative estimate of drug-likeness (QED) is 0.885. The van der Waals surface area contributed by atoms with E-state index >= 15 is 0 Å². The first-order valence-electron chi connectivity index (χ1n) is 6.66. The Bertz CT molecular complexity index is 641. The molecule has 1 aromatic carbocycles. The molecule has 0 spiro atoms. The number of sulfone groups is 1. The summed E-state index contributed by atoms with van der Waals surface area (Å²) in [5, 5.41) is 9.00. The number of rotatable bonds is 4. The number of aromatic carboxylic acids is 1. The molecule has 0 aliphatic carbocycles. The maximum atomic E-state index is 12.5. The first-order chi connectivity index (χ1) is 9.79. The van der Waals surface area contributed by atoms with Gasteiger partial charge in [-0.15, -0.1) is 0 Å². The van der Waals surface area contributed by atoms with Crippen LogP contribution in [-0.2, 0) is 14.6 Å². The molecular formula is C14H19NO5S. The van der Waals surface area contributed by atoms with Gasteiger partial charge in [-0.3, -0.25) is 0 Å². The summed E-state index contributed by atoms with van der Waals surface area (Å²) in [7, 11) is -1.67. The smallest absolute Gasteiger partial charge is 0.335 e. The number of benzene rings is 1. The summed E-state index contributed by atoms with van der Waals surface area (Å²) in [4.78, 5) is 13.1. The third-order valence-corrected chi connectivity index (χ3v) is 5.44. The first-order valence-corrected chi connectivity index (χ1v) is 8.31. The summed E-state index contributed by atoms with van der Waals surface area (Å²) in [6, 6.07) is 4.14. The van der Waals surface area contributed by atoms with Crippen LogP contribution in [0.15, 0.2) is 23.1 Å². The normalized spacial score (nSPS) is 20.4. The van der Waals surface area contributed by atoms with Gasteiger partial charge in [0.2, 0.25) is 0 Å². The van der Waals surface area contributed by atoms with Crippen LogP contribution in [0.2, 0.25) is 0 Å². The molecule has 1 heterocycles. The number of ether oxygens (including phenoxy) is 1. The van der Waals surface area contributed by atoms with Gasteiger partial charge in [0, 0.05) is 13.1 Å². The molecule has 1 atom stereocenters. The van der Waals surface area contributed by atoms with Gasteiger partial charge in [0.1, 0.15) is 0 Å². The predicted octanol–water partition coefficient (Wildman–Crippen LogP) is 0.798. The fourth-order valence-electron chi connectivity index (χ4n) is 2.37. The average Bonchev–Trinajstić information content (AvgIpc) is 2.38. The molecule has 0 amide bonds. The van der Waals surface area contributed by atoms with Crippen LogP contribution >= 0.6 is 0 Å². The van der Waals surface area contributed by atoms with Crippen molar-refractivity contribution in [2.75, 3.05) is 32.5 Å². The number of hydrogen-bond donors (Lipinski definition) is 1. The number of aryl methyl sites for hydroxylation is 1. The number of carboxylic acid groups (broad SMARTS) is 1. The Morgan fingerprint density at radius 2 is 2.19 bits per heavy atom. The van der Waals surface area contributed by atoms with Gasteiger partial charge in [-0.2, -0.15) is 0 Å². The first kappa shape index (κ1) is 15.9. The molecular weight excluding hydrogens is 294 g/mol. The zero-order valence-electron chi connectivity index (χ0n) is 12.1. The fourth-order valence-corrected chi connectivity index (χ4v) is 4.11. The highest BCUT2D eigenvalue weighted by Gasteiger charge is 2.27. The molecule has 1 aliphatic heterocycles. The Labute approximate surface area is 124 Å². The van der Waals surface area contributed by atoms with Gasteiger partial charge in [-0.1, -0.05) is 6.07 Å². The monoisotopic (exact) mass is 313 g/mol. The predicted molar refractivity (Wildman–Crippen MR) is 77.4 cm³/mol. The Morgan fingerprint density at radius 3 is 2.81 bits per heavy atom. The molecule has 0 radical (unpaired) electrons. The fraction of sp³-hybridized carbons (Fsp3) is 0.500. The summed E-state index contributed by atoms with van der Waals surface area (Å²) in [5.41, 5.74) is 0.519. The summed E-state index contributed by atoms with van der Waals surface area (Å²) in [5.74, 6) is -1.28. The van der Waals surface area contributed by atoms with Gasteiger partial charge >= 0.3 is 5.97 Å². The van der Waals surface area contributed by atoms with E-state index in [4.69, 9.17) is 9.84 Å². The Kier molecular flexibility index (Phi) is 4.65. The average molecular weight is 313 g/mol. The maximum absolute atomic E-state index is 12.5. The topological polar surface area (TPSA) is 83.9 Å². The Balaban J connectivity index is 2.26. The van der Waals surface area contributed by atoms with Crippen molar-refractivity contribution in [3.63, 3.8) is 0 Å². The highest BCUT2D eigenvalue weighted by molar-refractivity contribution is 7.91. The lowest BCUT2D eigenvalue weighted by molar-refractivity contribution is -0.00680. The van der Waals surface area contributed by atoms with Crippen molar-refractivity contribution in [3.05, 3.63) is 29.3 Å². The van der Waals surface area contributed by atoms with Crippen molar-refractivity contribution in [1.29, 1.82) is 0 Å². The van der Waals surface area contributed by atoms with Crippen molar-refractivity contribution < 1.29 is 23.1 Å². The number of carboxylic acids is 1. The third kappa shape index (κ3) is 3.81. The van der Waals surface area contributed by atoms with Gasteiger partial charge in [0.15, 0.2) is 9.84 Å². The largest absolute Gasteiger partial charge is 0.478 e. The molecule has 1 unspecified atom stereocenters. The van der Waals surface area contributed by atoms with Crippen molar-refractivity contribution in [1.82, 2.24) is 4.90 Å². The lowest BCUT2D eigenvalue weighted by Gasteiger charge is -2.29. The van der Waals surface area contributed by atoms with E-state index in [2.05, 4.69) is 0 Å². The van der Waals surface area contributed by atoms with E-state index in [1.807, 2.05) is 11.9 Å². The highest BCUT2D eigenvalue weighted by Crippen LogP contribution is 2.20. The third-order valence-electron chi connectivity index (χ3n) is 3.52. The molecule has 0 saturated carbocycles. The van der Waals surface area contributed by atoms with E-state index in [0.717, 1.165) is 6.54 Å². The van der Waals surface area contributed by atoms with Crippen molar-refractivity contribution in [2.45, 2.75) is 17.9 Å². The van der Waals surface area contributed by atoms with E-state index in [-0.39, 0.29) is 22.3 Å². The van der Waals surface area contributed by atoms with Crippen LogP contribution in [0.5, 0.6) is 0 Å². The van der Waals surface area contributed by atoms with Crippen LogP contribution < -0.4 is 0 Å². The molecule has 1 N–H and O–H groups in total. The van der Waals surface area contributed by atoms with E-state index < -0.39 is 15.8 Å². The second-order valence-corrected chi connectivity index (χ2v) is 7.32. The number of morpholine rings is 1. The Hall–Kier alpha value is -1.44. The minimum absolute atomic E-state index is 0.0270. The second-order valence-electron chi connectivity index (χ2n) is 5.32. The number of carbonyl (C=O) groups is 1. The molecule has 6 nitrogen and oxygen atoms in total. The van der Waals surface area contributed by atoms with Gasteiger partial charge < -0.3 is 14.7 Å². The van der Waals surface area contributed by atoms with Crippen LogP contribution in [0.3, 0.4) is 0 Å². The van der Waals surface area contributed by atoms with Crippen molar-refractivity contribution in [2.24, 2.45) is 0 Å². The molecule has 1 fully saturated rings. The lowest BCUT2D eigenvalue weighted by Crippen LogP contribution is -2.43. The maximum Gasteiger partial charge on any atom is 0.335 e. The highest BCUT2D eigenvalue weighted by atomic mass is 32.2. The van der Waals surface area contributed by atoms with E-state index in [9.17, 15) is 13.2 Å². The molecule has 0 bridgehead atoms. The van der Waals surface area contributed by atoms with E-state index in [1.54, 1.807) is 6.92 Å². The van der Waals surface area contributed by atoms with E-state index in [1.165, 1.54) is 18.2 Å². The molecule has 1 aliphatic rings. The van der Waals surface area contributed by atoms with Gasteiger partial charge in [-0.25, -0.2) is 13.2 Å². The lowest BCUT2D eigenvalue weighted by atomic mass is 10.1. The summed E-state index contributed by atoms with van der Waals surface area (Å²) in [6.07, 6.45) is -0.387. The molecule has 21 heavy (non-hydrogen) atoms. The zero-order chi connectivity index (χ0) is 15.6. The summed E-state index contributed by atoms with van der Waals surface area (Å²) >= 11 is 0. The van der Waals surface area contributed by atoms with Crippen LogP contribution in [-0.4, -0.2) is 63.0 Å². The van der Waals surface area contributed by atoms with Crippen LogP contribution in [0.4, 0.5) is 0 Å². The Morgan fingerprint density at radius 1 is 1.48 bits per heavy atom. The summed E-state index contributed by atoms with van der Waals surface area (Å²) in [6.45, 7) is 3.50. The minimum atomic E-state index is -3.59. The molecule has 116 valence electrons. The van der Waals surface area contributed by atoms with Crippen LogP contribution in [0.25, 0.3) is 0 Å². The van der Waals surface area contributed by atoms with Gasteiger partial charge in [0.25, 0.3) is 0 Å². The molecule has 1 aromatic rings. The molecule has 7 heteroatoms. The van der Waals surface area contributed by atoms with Crippen molar-refractivity contribution in [3.8, 4) is 0 Å². The second kappa shape index (κ2) is 6.13. The molecule has 2 rings (SSSR count). The molecule has 0 aromatic heterocycles. The summed E-state index contributed by atoms with van der Waals surface area (Å²) < 4.78 is 30.5. The van der Waals surface area contributed by atoms with E-state index in [0.29, 0.717) is 18.7 Å². The van der Waals surface area contributed by atoms with Crippen LogP contribution in [0, 0.1) is 6.92 Å². The van der Waals surface area contributed by atoms with Crippen molar-refractivity contribution >= 4 is 15.8 Å². The molecule has 1 saturated heterocycles. The number of hydrogen-bond acceptors (Lipinski definition) is 5. The minimum Gasteiger partial charge on any atom is -0.478 e.